The van der Waals surface area contributed by atoms with Crippen molar-refractivity contribution in [2.24, 2.45) is 5.73 Å². The predicted molar refractivity (Wildman–Crippen MR) is 113 cm³/mol. The van der Waals surface area contributed by atoms with Crippen molar-refractivity contribution in [2.45, 2.75) is 12.3 Å². The molecule has 1 unspecified atom stereocenters. The van der Waals surface area contributed by atoms with E-state index in [-0.39, 0.29) is 29.4 Å². The number of carbonyl (C=O) groups excluding carboxylic acids is 1. The van der Waals surface area contributed by atoms with Gasteiger partial charge in [0.2, 0.25) is 5.88 Å². The molecule has 0 radical (unpaired) electrons. The van der Waals surface area contributed by atoms with Crippen LogP contribution in [0.3, 0.4) is 0 Å². The highest BCUT2D eigenvalue weighted by Crippen LogP contribution is 2.43. The number of nitrogens with zero attached hydrogens (tertiary/aromatic N) is 1. The van der Waals surface area contributed by atoms with Crippen LogP contribution in [0.2, 0.25) is 5.02 Å². The summed E-state index contributed by atoms with van der Waals surface area (Å²) >= 11 is 5.86. The van der Waals surface area contributed by atoms with E-state index in [1.807, 2.05) is 0 Å². The van der Waals surface area contributed by atoms with Gasteiger partial charge in [-0.15, -0.1) is 0 Å². The number of esters is 1. The molecule has 0 saturated heterocycles. The summed E-state index contributed by atoms with van der Waals surface area (Å²) in [6.45, 7) is 0. The Morgan fingerprint density at radius 3 is 2.52 bits per heavy atom. The van der Waals surface area contributed by atoms with Crippen LogP contribution in [0, 0.1) is 17.1 Å². The Labute approximate surface area is 183 Å². The van der Waals surface area contributed by atoms with Crippen molar-refractivity contribution in [3.05, 3.63) is 106 Å². The van der Waals surface area contributed by atoms with Crippen molar-refractivity contribution in [1.82, 2.24) is 0 Å². The number of carbonyl (C=O) groups is 1. The molecule has 1 aliphatic heterocycles. The summed E-state index contributed by atoms with van der Waals surface area (Å²) in [4.78, 5) is 12.3. The molecular formula is C24H16ClFN2O3. The second kappa shape index (κ2) is 8.50. The number of nitriles is 1. The molecule has 0 spiro atoms. The van der Waals surface area contributed by atoms with Crippen LogP contribution in [0.4, 0.5) is 4.39 Å². The zero-order valence-electron chi connectivity index (χ0n) is 16.1. The third kappa shape index (κ3) is 4.37. The topological polar surface area (TPSA) is 85.3 Å². The molecule has 3 aromatic rings. The minimum absolute atomic E-state index is 0.0473. The van der Waals surface area contributed by atoms with Crippen LogP contribution in [0.1, 0.15) is 22.6 Å². The van der Waals surface area contributed by atoms with Gasteiger partial charge in [-0.3, -0.25) is 4.79 Å². The first kappa shape index (κ1) is 20.5. The molecule has 0 aromatic heterocycles. The van der Waals surface area contributed by atoms with Gasteiger partial charge in [-0.1, -0.05) is 41.9 Å². The first-order valence-corrected chi connectivity index (χ1v) is 9.74. The quantitative estimate of drug-likeness (QED) is 0.469. The number of halogens is 2. The fourth-order valence-electron chi connectivity index (χ4n) is 3.43. The molecule has 31 heavy (non-hydrogen) atoms. The number of allylic oxidation sites excluding steroid dienone is 1. The normalized spacial score (nSPS) is 14.9. The van der Waals surface area contributed by atoms with Crippen LogP contribution < -0.4 is 15.2 Å². The zero-order valence-corrected chi connectivity index (χ0v) is 16.9. The number of benzene rings is 3. The highest BCUT2D eigenvalue weighted by molar-refractivity contribution is 6.30. The predicted octanol–water partition coefficient (Wildman–Crippen LogP) is 4.85. The fraction of sp³-hybridized carbons (Fsp3) is 0.0833. The maximum Gasteiger partial charge on any atom is 0.315 e. The lowest BCUT2D eigenvalue weighted by Gasteiger charge is -2.26. The van der Waals surface area contributed by atoms with Crippen LogP contribution in [-0.2, 0) is 11.2 Å². The molecule has 5 nitrogen and oxygen atoms in total. The van der Waals surface area contributed by atoms with Crippen molar-refractivity contribution >= 4 is 17.6 Å². The van der Waals surface area contributed by atoms with E-state index in [9.17, 15) is 14.4 Å². The van der Waals surface area contributed by atoms with E-state index in [1.165, 1.54) is 12.1 Å². The number of hydrogen-bond acceptors (Lipinski definition) is 5. The summed E-state index contributed by atoms with van der Waals surface area (Å²) in [5.74, 6) is -0.752. The summed E-state index contributed by atoms with van der Waals surface area (Å²) in [6.07, 6.45) is 0.0773. The molecule has 154 valence electrons. The summed E-state index contributed by atoms with van der Waals surface area (Å²) in [7, 11) is 0. The first-order valence-electron chi connectivity index (χ1n) is 9.36. The molecule has 0 amide bonds. The molecule has 1 heterocycles. The van der Waals surface area contributed by atoms with Crippen molar-refractivity contribution in [3.8, 4) is 17.6 Å². The van der Waals surface area contributed by atoms with Crippen LogP contribution >= 0.6 is 11.6 Å². The van der Waals surface area contributed by atoms with Gasteiger partial charge in [-0.2, -0.15) is 5.26 Å². The molecule has 3 aromatic carbocycles. The van der Waals surface area contributed by atoms with Gasteiger partial charge in [0.05, 0.1) is 12.3 Å². The fourth-order valence-corrected chi connectivity index (χ4v) is 3.56. The van der Waals surface area contributed by atoms with E-state index in [0.717, 1.165) is 5.56 Å². The van der Waals surface area contributed by atoms with E-state index >= 15 is 0 Å². The Bertz CT molecular complexity index is 1220. The van der Waals surface area contributed by atoms with E-state index in [0.29, 0.717) is 21.9 Å². The molecule has 2 N–H and O–H groups in total. The van der Waals surface area contributed by atoms with Gasteiger partial charge in [-0.05, 0) is 41.5 Å². The smallest absolute Gasteiger partial charge is 0.315 e. The molecule has 0 saturated carbocycles. The van der Waals surface area contributed by atoms with E-state index < -0.39 is 11.9 Å². The summed E-state index contributed by atoms with van der Waals surface area (Å²) < 4.78 is 24.4. The van der Waals surface area contributed by atoms with Gasteiger partial charge in [0.1, 0.15) is 29.0 Å². The van der Waals surface area contributed by atoms with E-state index in [1.54, 1.807) is 54.6 Å². The van der Waals surface area contributed by atoms with Gasteiger partial charge in [0.25, 0.3) is 0 Å². The summed E-state index contributed by atoms with van der Waals surface area (Å²) in [5, 5.41) is 10.2. The molecular weight excluding hydrogens is 419 g/mol. The van der Waals surface area contributed by atoms with Crippen molar-refractivity contribution in [1.29, 1.82) is 5.26 Å². The standard InChI is InChI=1S/C24H16ClFN2O3/c25-16-5-1-14(2-6-16)11-22(29)30-18-9-10-19-21(12-18)31-24(28)20(13-27)23(19)15-3-7-17(26)8-4-15/h1-10,12,23H,11,28H2. The minimum Gasteiger partial charge on any atom is -0.440 e. The number of ether oxygens (including phenoxy) is 2. The number of rotatable bonds is 4. The Balaban J connectivity index is 1.60. The van der Waals surface area contributed by atoms with Crippen LogP contribution in [-0.4, -0.2) is 5.97 Å². The lowest BCUT2D eigenvalue weighted by molar-refractivity contribution is -0.133. The third-order valence-electron chi connectivity index (χ3n) is 4.89. The van der Waals surface area contributed by atoms with Gasteiger partial charge in [0.15, 0.2) is 0 Å². The second-order valence-electron chi connectivity index (χ2n) is 6.95. The molecule has 0 fully saturated rings. The van der Waals surface area contributed by atoms with Gasteiger partial charge in [-0.25, -0.2) is 4.39 Å². The highest BCUT2D eigenvalue weighted by Gasteiger charge is 2.31. The number of nitrogens with two attached hydrogens (primary N) is 1. The third-order valence-corrected chi connectivity index (χ3v) is 5.14. The zero-order chi connectivity index (χ0) is 22.0. The summed E-state index contributed by atoms with van der Waals surface area (Å²) in [6, 6.07) is 19.7. The average Bonchev–Trinajstić information content (AvgIpc) is 2.75. The highest BCUT2D eigenvalue weighted by atomic mass is 35.5. The molecule has 4 rings (SSSR count). The monoisotopic (exact) mass is 434 g/mol. The van der Waals surface area contributed by atoms with Crippen LogP contribution in [0.25, 0.3) is 0 Å². The summed E-state index contributed by atoms with van der Waals surface area (Å²) in [5.41, 5.74) is 8.32. The second-order valence-corrected chi connectivity index (χ2v) is 7.39. The van der Waals surface area contributed by atoms with Gasteiger partial charge in [0, 0.05) is 16.7 Å². The van der Waals surface area contributed by atoms with Gasteiger partial charge >= 0.3 is 5.97 Å². The molecule has 7 heteroatoms. The van der Waals surface area contributed by atoms with Crippen molar-refractivity contribution in [2.75, 3.05) is 0 Å². The van der Waals surface area contributed by atoms with E-state index in [2.05, 4.69) is 6.07 Å². The van der Waals surface area contributed by atoms with Crippen molar-refractivity contribution in [3.63, 3.8) is 0 Å². The molecule has 1 atom stereocenters. The average molecular weight is 435 g/mol. The van der Waals surface area contributed by atoms with E-state index in [4.69, 9.17) is 26.8 Å². The lowest BCUT2D eigenvalue weighted by atomic mass is 9.83. The Hall–Kier alpha value is -3.82. The Kier molecular flexibility index (Phi) is 5.61. The Morgan fingerprint density at radius 2 is 1.84 bits per heavy atom. The lowest BCUT2D eigenvalue weighted by Crippen LogP contribution is -2.21. The minimum atomic E-state index is -0.520. The van der Waals surface area contributed by atoms with Crippen LogP contribution in [0.5, 0.6) is 11.5 Å². The Morgan fingerprint density at radius 1 is 1.13 bits per heavy atom. The van der Waals surface area contributed by atoms with Crippen molar-refractivity contribution < 1.29 is 18.7 Å². The molecule has 0 bridgehead atoms. The maximum absolute atomic E-state index is 13.4. The first-order chi connectivity index (χ1) is 14.9. The van der Waals surface area contributed by atoms with Crippen LogP contribution in [0.15, 0.2) is 78.2 Å². The maximum atomic E-state index is 13.4. The SMILES string of the molecule is N#CC1=C(N)Oc2cc(OC(=O)Cc3ccc(Cl)cc3)ccc2C1c1ccc(F)cc1. The molecule has 1 aliphatic rings. The largest absolute Gasteiger partial charge is 0.440 e. The van der Waals surface area contributed by atoms with Gasteiger partial charge < -0.3 is 15.2 Å². The number of hydrogen-bond donors (Lipinski definition) is 1. The number of fused-ring (bicyclic) bond motifs is 1. The molecule has 0 aliphatic carbocycles.